The molecule has 1 aromatic rings. The van der Waals surface area contributed by atoms with Crippen molar-refractivity contribution in [1.29, 1.82) is 0 Å². The molecule has 0 atom stereocenters. The summed E-state index contributed by atoms with van der Waals surface area (Å²) in [5, 5.41) is 28.7. The SMILES string of the molecule is COc1c(O)ccc(CO)c1[N+](=O)[O-]. The Morgan fingerprint density at radius 3 is 2.64 bits per heavy atom. The molecule has 0 spiro atoms. The summed E-state index contributed by atoms with van der Waals surface area (Å²) in [5.74, 6) is -0.557. The van der Waals surface area contributed by atoms with Crippen molar-refractivity contribution in [3.05, 3.63) is 27.8 Å². The van der Waals surface area contributed by atoms with Crippen molar-refractivity contribution in [2.75, 3.05) is 7.11 Å². The van der Waals surface area contributed by atoms with E-state index in [1.54, 1.807) is 0 Å². The first-order valence-electron chi connectivity index (χ1n) is 3.76. The number of aliphatic hydroxyl groups excluding tert-OH is 1. The maximum atomic E-state index is 10.6. The van der Waals surface area contributed by atoms with Gasteiger partial charge in [-0.25, -0.2) is 0 Å². The molecule has 0 fully saturated rings. The summed E-state index contributed by atoms with van der Waals surface area (Å²) < 4.78 is 4.68. The van der Waals surface area contributed by atoms with Crippen LogP contribution in [0, 0.1) is 10.1 Å². The molecule has 0 saturated carbocycles. The molecule has 6 nitrogen and oxygen atoms in total. The van der Waals surface area contributed by atoms with Crippen LogP contribution in [0.5, 0.6) is 11.5 Å². The second-order valence-electron chi connectivity index (χ2n) is 2.54. The molecule has 1 rings (SSSR count). The minimum atomic E-state index is -0.704. The third-order valence-electron chi connectivity index (χ3n) is 1.75. The lowest BCUT2D eigenvalue weighted by molar-refractivity contribution is -0.386. The van der Waals surface area contributed by atoms with Gasteiger partial charge in [-0.15, -0.1) is 0 Å². The third kappa shape index (κ3) is 1.60. The van der Waals surface area contributed by atoms with Gasteiger partial charge >= 0.3 is 5.69 Å². The number of hydrogen-bond acceptors (Lipinski definition) is 5. The van der Waals surface area contributed by atoms with Crippen LogP contribution in [0.3, 0.4) is 0 Å². The molecule has 1 aromatic carbocycles. The van der Waals surface area contributed by atoms with E-state index in [4.69, 9.17) is 5.11 Å². The largest absolute Gasteiger partial charge is 0.504 e. The molecular formula is C8H9NO5. The second kappa shape index (κ2) is 3.93. The van der Waals surface area contributed by atoms with E-state index < -0.39 is 17.2 Å². The van der Waals surface area contributed by atoms with Crippen molar-refractivity contribution in [1.82, 2.24) is 0 Å². The predicted octanol–water partition coefficient (Wildman–Crippen LogP) is 0.801. The van der Waals surface area contributed by atoms with Gasteiger partial charge in [-0.05, 0) is 12.1 Å². The van der Waals surface area contributed by atoms with E-state index in [1.807, 2.05) is 0 Å². The van der Waals surface area contributed by atoms with Crippen LogP contribution in [-0.2, 0) is 6.61 Å². The van der Waals surface area contributed by atoms with Gasteiger partial charge in [0, 0.05) is 0 Å². The van der Waals surface area contributed by atoms with Crippen LogP contribution in [0.2, 0.25) is 0 Å². The van der Waals surface area contributed by atoms with Gasteiger partial charge in [-0.1, -0.05) is 0 Å². The average Bonchev–Trinajstić information content (AvgIpc) is 2.17. The average molecular weight is 199 g/mol. The fraction of sp³-hybridized carbons (Fsp3) is 0.250. The number of rotatable bonds is 3. The standard InChI is InChI=1S/C8H9NO5/c1-14-8-6(11)3-2-5(4-10)7(8)9(12)13/h2-3,10-11H,4H2,1H3. The monoisotopic (exact) mass is 199 g/mol. The van der Waals surface area contributed by atoms with E-state index in [0.29, 0.717) is 0 Å². The number of ether oxygens (including phenoxy) is 1. The molecule has 0 saturated heterocycles. The van der Waals surface area contributed by atoms with E-state index in [9.17, 15) is 15.2 Å². The Morgan fingerprint density at radius 2 is 2.21 bits per heavy atom. The van der Waals surface area contributed by atoms with E-state index >= 15 is 0 Å². The van der Waals surface area contributed by atoms with Gasteiger partial charge in [0.05, 0.1) is 24.2 Å². The van der Waals surface area contributed by atoms with Gasteiger partial charge in [0.1, 0.15) is 0 Å². The van der Waals surface area contributed by atoms with Gasteiger partial charge < -0.3 is 14.9 Å². The summed E-state index contributed by atoms with van der Waals surface area (Å²) in [6, 6.07) is 2.51. The highest BCUT2D eigenvalue weighted by atomic mass is 16.6. The molecule has 6 heteroatoms. The van der Waals surface area contributed by atoms with Gasteiger partial charge in [-0.2, -0.15) is 0 Å². The lowest BCUT2D eigenvalue weighted by atomic mass is 10.1. The first-order valence-corrected chi connectivity index (χ1v) is 3.76. The minimum Gasteiger partial charge on any atom is -0.504 e. The van der Waals surface area contributed by atoms with Crippen LogP contribution < -0.4 is 4.74 Å². The fourth-order valence-electron chi connectivity index (χ4n) is 1.13. The van der Waals surface area contributed by atoms with Gasteiger partial charge in [0.2, 0.25) is 5.75 Å². The Kier molecular flexibility index (Phi) is 2.88. The number of hydrogen-bond donors (Lipinski definition) is 2. The van der Waals surface area contributed by atoms with Gasteiger partial charge in [-0.3, -0.25) is 10.1 Å². The molecular weight excluding hydrogens is 190 g/mol. The number of nitro benzene ring substituents is 1. The van der Waals surface area contributed by atoms with Crippen molar-refractivity contribution in [3.8, 4) is 11.5 Å². The minimum absolute atomic E-state index is 0.102. The molecule has 0 aliphatic heterocycles. The van der Waals surface area contributed by atoms with E-state index in [2.05, 4.69) is 4.74 Å². The lowest BCUT2D eigenvalue weighted by Gasteiger charge is -2.06. The second-order valence-corrected chi connectivity index (χ2v) is 2.54. The van der Waals surface area contributed by atoms with Gasteiger partial charge in [0.15, 0.2) is 5.75 Å². The number of methoxy groups -OCH3 is 1. The van der Waals surface area contributed by atoms with E-state index in [0.717, 1.165) is 0 Å². The lowest BCUT2D eigenvalue weighted by Crippen LogP contribution is -1.99. The molecule has 0 amide bonds. The summed E-state index contributed by atoms with van der Waals surface area (Å²) in [5.41, 5.74) is -0.306. The summed E-state index contributed by atoms with van der Waals surface area (Å²) in [6.45, 7) is -0.479. The Labute approximate surface area is 79.5 Å². The molecule has 0 bridgehead atoms. The zero-order chi connectivity index (χ0) is 10.7. The smallest absolute Gasteiger partial charge is 0.320 e. The van der Waals surface area contributed by atoms with Crippen LogP contribution in [0.1, 0.15) is 5.56 Å². The fourth-order valence-corrected chi connectivity index (χ4v) is 1.13. The summed E-state index contributed by atoms with van der Waals surface area (Å²) in [4.78, 5) is 9.91. The quantitative estimate of drug-likeness (QED) is 0.554. The van der Waals surface area contributed by atoms with Crippen LogP contribution in [0.15, 0.2) is 12.1 Å². The Hall–Kier alpha value is -1.82. The highest BCUT2D eigenvalue weighted by Gasteiger charge is 2.23. The normalized spacial score (nSPS) is 9.86. The van der Waals surface area contributed by atoms with Crippen LogP contribution in [0.25, 0.3) is 0 Å². The maximum absolute atomic E-state index is 10.6. The van der Waals surface area contributed by atoms with Crippen molar-refractivity contribution < 1.29 is 19.9 Å². The number of nitro groups is 1. The summed E-state index contributed by atoms with van der Waals surface area (Å²) in [7, 11) is 1.21. The van der Waals surface area contributed by atoms with Crippen molar-refractivity contribution in [2.24, 2.45) is 0 Å². The molecule has 0 unspecified atom stereocenters. The maximum Gasteiger partial charge on any atom is 0.320 e. The number of aliphatic hydroxyl groups is 1. The van der Waals surface area contributed by atoms with Crippen LogP contribution in [-0.4, -0.2) is 22.2 Å². The topological polar surface area (TPSA) is 92.8 Å². The molecule has 0 aliphatic rings. The number of nitrogens with zero attached hydrogens (tertiary/aromatic N) is 1. The molecule has 0 aliphatic carbocycles. The summed E-state index contributed by atoms with van der Waals surface area (Å²) in [6.07, 6.45) is 0. The number of benzene rings is 1. The van der Waals surface area contributed by atoms with Crippen molar-refractivity contribution in [2.45, 2.75) is 6.61 Å². The van der Waals surface area contributed by atoms with Crippen LogP contribution >= 0.6 is 0 Å². The first kappa shape index (κ1) is 10.3. The zero-order valence-electron chi connectivity index (χ0n) is 7.43. The first-order chi connectivity index (χ1) is 6.61. The van der Waals surface area contributed by atoms with Crippen molar-refractivity contribution in [3.63, 3.8) is 0 Å². The number of phenols is 1. The number of phenolic OH excluding ortho intramolecular Hbond substituents is 1. The van der Waals surface area contributed by atoms with E-state index in [1.165, 1.54) is 19.2 Å². The van der Waals surface area contributed by atoms with Gasteiger partial charge in [0.25, 0.3) is 0 Å². The zero-order valence-corrected chi connectivity index (χ0v) is 7.43. The summed E-state index contributed by atoms with van der Waals surface area (Å²) >= 11 is 0. The molecule has 0 heterocycles. The van der Waals surface area contributed by atoms with E-state index in [-0.39, 0.29) is 17.1 Å². The number of aromatic hydroxyl groups is 1. The molecule has 0 aromatic heterocycles. The van der Waals surface area contributed by atoms with Crippen LogP contribution in [0.4, 0.5) is 5.69 Å². The molecule has 0 radical (unpaired) electrons. The van der Waals surface area contributed by atoms with Crippen molar-refractivity contribution >= 4 is 5.69 Å². The molecule has 76 valence electrons. The Balaban J connectivity index is 3.43. The molecule has 2 N–H and O–H groups in total. The Bertz CT molecular complexity index is 363. The highest BCUT2D eigenvalue weighted by Crippen LogP contribution is 2.38. The Morgan fingerprint density at radius 1 is 1.57 bits per heavy atom. The third-order valence-corrected chi connectivity index (χ3v) is 1.75. The molecule has 14 heavy (non-hydrogen) atoms. The predicted molar refractivity (Wildman–Crippen MR) is 47.2 cm³/mol. The highest BCUT2D eigenvalue weighted by molar-refractivity contribution is 5.59.